The standard InChI is InChI=1S/C22H24F2N2O5S/c1-25(13-15-4-6-17(7-5-15)31-22(23)24)19(27)14-30-21(29)16-8-10-26(11-9-16)20(28)18-3-2-12-32-18/h2-7,12,16,22H,8-11,13-14H2,1H3. The summed E-state index contributed by atoms with van der Waals surface area (Å²) in [5.74, 6) is -1.16. The molecule has 1 fully saturated rings. The van der Waals surface area contributed by atoms with Crippen LogP contribution in [0.5, 0.6) is 5.75 Å². The third-order valence-electron chi connectivity index (χ3n) is 5.18. The van der Waals surface area contributed by atoms with Crippen molar-refractivity contribution in [3.8, 4) is 5.75 Å². The van der Waals surface area contributed by atoms with Gasteiger partial charge in [-0.1, -0.05) is 18.2 Å². The Bertz CT molecular complexity index is 913. The molecule has 1 aromatic carbocycles. The smallest absolute Gasteiger partial charge is 0.387 e. The molecule has 0 aliphatic carbocycles. The second kappa shape index (κ2) is 11.0. The van der Waals surface area contributed by atoms with Crippen molar-refractivity contribution in [2.45, 2.75) is 26.0 Å². The molecule has 7 nitrogen and oxygen atoms in total. The molecular weight excluding hydrogens is 442 g/mol. The molecule has 2 heterocycles. The van der Waals surface area contributed by atoms with E-state index in [2.05, 4.69) is 4.74 Å². The van der Waals surface area contributed by atoms with Crippen molar-refractivity contribution in [2.24, 2.45) is 5.92 Å². The van der Waals surface area contributed by atoms with E-state index in [1.165, 1.54) is 28.4 Å². The van der Waals surface area contributed by atoms with Crippen molar-refractivity contribution >= 4 is 29.1 Å². The van der Waals surface area contributed by atoms with E-state index in [9.17, 15) is 23.2 Å². The SMILES string of the molecule is CN(Cc1ccc(OC(F)F)cc1)C(=O)COC(=O)C1CCN(C(=O)c2cccs2)CC1. The summed E-state index contributed by atoms with van der Waals surface area (Å²) in [5.41, 5.74) is 0.719. The fourth-order valence-electron chi connectivity index (χ4n) is 3.37. The minimum Gasteiger partial charge on any atom is -0.455 e. The van der Waals surface area contributed by atoms with Crippen LogP contribution in [0.4, 0.5) is 8.78 Å². The number of likely N-dealkylation sites (N-methyl/N-ethyl adjacent to an activating group) is 1. The maximum Gasteiger partial charge on any atom is 0.387 e. The predicted molar refractivity (Wildman–Crippen MR) is 113 cm³/mol. The van der Waals surface area contributed by atoms with Gasteiger partial charge in [0.05, 0.1) is 10.8 Å². The Hall–Kier alpha value is -3.01. The summed E-state index contributed by atoms with van der Waals surface area (Å²) >= 11 is 1.39. The second-order valence-corrected chi connectivity index (χ2v) is 8.37. The maximum atomic E-state index is 12.4. The van der Waals surface area contributed by atoms with E-state index >= 15 is 0 Å². The van der Waals surface area contributed by atoms with Crippen molar-refractivity contribution in [1.82, 2.24) is 9.80 Å². The van der Waals surface area contributed by atoms with E-state index in [4.69, 9.17) is 4.74 Å². The van der Waals surface area contributed by atoms with Gasteiger partial charge in [-0.05, 0) is 42.0 Å². The Labute approximate surface area is 188 Å². The average molecular weight is 467 g/mol. The van der Waals surface area contributed by atoms with Crippen LogP contribution in [0.15, 0.2) is 41.8 Å². The molecule has 10 heteroatoms. The molecule has 2 aromatic rings. The summed E-state index contributed by atoms with van der Waals surface area (Å²) in [6.07, 6.45) is 0.986. The van der Waals surface area contributed by atoms with Crippen LogP contribution in [0.2, 0.25) is 0 Å². The van der Waals surface area contributed by atoms with Crippen molar-refractivity contribution in [3.63, 3.8) is 0 Å². The maximum absolute atomic E-state index is 12.4. The number of rotatable bonds is 8. The van der Waals surface area contributed by atoms with Crippen molar-refractivity contribution in [1.29, 1.82) is 0 Å². The van der Waals surface area contributed by atoms with E-state index in [0.29, 0.717) is 30.8 Å². The second-order valence-electron chi connectivity index (χ2n) is 7.42. The molecule has 1 aliphatic heterocycles. The first-order chi connectivity index (χ1) is 15.3. The number of hydrogen-bond acceptors (Lipinski definition) is 6. The number of benzene rings is 1. The van der Waals surface area contributed by atoms with E-state index in [1.807, 2.05) is 11.4 Å². The Balaban J connectivity index is 1.39. The fourth-order valence-corrected chi connectivity index (χ4v) is 4.06. The van der Waals surface area contributed by atoms with E-state index in [0.717, 1.165) is 5.56 Å². The Morgan fingerprint density at radius 2 is 1.84 bits per heavy atom. The summed E-state index contributed by atoms with van der Waals surface area (Å²) in [4.78, 5) is 40.8. The minimum atomic E-state index is -2.89. The highest BCUT2D eigenvalue weighted by Crippen LogP contribution is 2.22. The quantitative estimate of drug-likeness (QED) is 0.558. The number of piperidine rings is 1. The number of amides is 2. The largest absolute Gasteiger partial charge is 0.455 e. The Morgan fingerprint density at radius 3 is 2.44 bits per heavy atom. The van der Waals surface area contributed by atoms with Gasteiger partial charge < -0.3 is 19.3 Å². The zero-order valence-corrected chi connectivity index (χ0v) is 18.4. The minimum absolute atomic E-state index is 0.0302. The van der Waals surface area contributed by atoms with Crippen LogP contribution in [0.3, 0.4) is 0 Å². The fraction of sp³-hybridized carbons (Fsp3) is 0.409. The molecule has 0 atom stereocenters. The first-order valence-corrected chi connectivity index (χ1v) is 11.0. The van der Waals surface area contributed by atoms with E-state index in [-0.39, 0.29) is 36.6 Å². The molecule has 3 rings (SSSR count). The van der Waals surface area contributed by atoms with Gasteiger partial charge in [0, 0.05) is 26.7 Å². The third kappa shape index (κ3) is 6.49. The lowest BCUT2D eigenvalue weighted by atomic mass is 9.97. The van der Waals surface area contributed by atoms with Crippen LogP contribution in [0, 0.1) is 5.92 Å². The molecule has 1 aromatic heterocycles. The van der Waals surface area contributed by atoms with Gasteiger partial charge in [-0.25, -0.2) is 0 Å². The highest BCUT2D eigenvalue weighted by molar-refractivity contribution is 7.12. The molecule has 0 radical (unpaired) electrons. The van der Waals surface area contributed by atoms with Crippen LogP contribution < -0.4 is 4.74 Å². The number of halogens is 2. The van der Waals surface area contributed by atoms with Crippen molar-refractivity contribution in [2.75, 3.05) is 26.7 Å². The summed E-state index contributed by atoms with van der Waals surface area (Å²) in [5, 5.41) is 1.85. The first kappa shape index (κ1) is 23.6. The molecule has 172 valence electrons. The van der Waals surface area contributed by atoms with Crippen LogP contribution in [-0.4, -0.2) is 60.9 Å². The molecule has 0 bridgehead atoms. The molecule has 32 heavy (non-hydrogen) atoms. The molecule has 0 saturated carbocycles. The van der Waals surface area contributed by atoms with Gasteiger partial charge in [0.2, 0.25) is 0 Å². The lowest BCUT2D eigenvalue weighted by Gasteiger charge is -2.30. The number of esters is 1. The Kier molecular flexibility index (Phi) is 8.15. The summed E-state index contributed by atoms with van der Waals surface area (Å²) in [7, 11) is 1.56. The monoisotopic (exact) mass is 466 g/mol. The molecule has 0 N–H and O–H groups in total. The first-order valence-electron chi connectivity index (χ1n) is 10.1. The average Bonchev–Trinajstić information content (AvgIpc) is 3.32. The number of hydrogen-bond donors (Lipinski definition) is 0. The van der Waals surface area contributed by atoms with E-state index < -0.39 is 12.6 Å². The van der Waals surface area contributed by atoms with Gasteiger partial charge in [-0.2, -0.15) is 8.78 Å². The molecule has 0 unspecified atom stereocenters. The molecule has 0 spiro atoms. The normalized spacial score (nSPS) is 14.3. The van der Waals surface area contributed by atoms with Crippen LogP contribution >= 0.6 is 11.3 Å². The number of nitrogens with zero attached hydrogens (tertiary/aromatic N) is 2. The molecular formula is C22H24F2N2O5S. The van der Waals surface area contributed by atoms with Gasteiger partial charge in [0.15, 0.2) is 6.61 Å². The molecule has 1 saturated heterocycles. The summed E-state index contributed by atoms with van der Waals surface area (Å²) in [6.45, 7) is -2.11. The van der Waals surface area contributed by atoms with Gasteiger partial charge in [0.1, 0.15) is 5.75 Å². The third-order valence-corrected chi connectivity index (χ3v) is 6.04. The highest BCUT2D eigenvalue weighted by Gasteiger charge is 2.29. The lowest BCUT2D eigenvalue weighted by Crippen LogP contribution is -2.41. The number of carbonyl (C=O) groups is 3. The predicted octanol–water partition coefficient (Wildman–Crippen LogP) is 3.40. The zero-order chi connectivity index (χ0) is 23.1. The van der Waals surface area contributed by atoms with Gasteiger partial charge in [-0.15, -0.1) is 11.3 Å². The van der Waals surface area contributed by atoms with Crippen LogP contribution in [0.25, 0.3) is 0 Å². The Morgan fingerprint density at radius 1 is 1.16 bits per heavy atom. The van der Waals surface area contributed by atoms with Crippen molar-refractivity contribution in [3.05, 3.63) is 52.2 Å². The topological polar surface area (TPSA) is 76.2 Å². The van der Waals surface area contributed by atoms with Crippen LogP contribution in [-0.2, 0) is 20.9 Å². The van der Waals surface area contributed by atoms with Gasteiger partial charge >= 0.3 is 12.6 Å². The molecule has 2 amide bonds. The van der Waals surface area contributed by atoms with Crippen molar-refractivity contribution < 1.29 is 32.6 Å². The number of thiophene rings is 1. The molecule has 1 aliphatic rings. The number of alkyl halides is 2. The van der Waals surface area contributed by atoms with E-state index in [1.54, 1.807) is 30.1 Å². The highest BCUT2D eigenvalue weighted by atomic mass is 32.1. The van der Waals surface area contributed by atoms with Gasteiger partial charge in [-0.3, -0.25) is 14.4 Å². The number of likely N-dealkylation sites (tertiary alicyclic amines) is 1. The number of ether oxygens (including phenoxy) is 2. The van der Waals surface area contributed by atoms with Crippen LogP contribution in [0.1, 0.15) is 28.1 Å². The number of carbonyl (C=O) groups excluding carboxylic acids is 3. The zero-order valence-electron chi connectivity index (χ0n) is 17.5. The summed E-state index contributed by atoms with van der Waals surface area (Å²) in [6, 6.07) is 9.57. The van der Waals surface area contributed by atoms with Gasteiger partial charge in [0.25, 0.3) is 11.8 Å². The summed E-state index contributed by atoms with van der Waals surface area (Å²) < 4.78 is 33.9. The lowest BCUT2D eigenvalue weighted by molar-refractivity contribution is -0.156.